The van der Waals surface area contributed by atoms with Gasteiger partial charge >= 0.3 is 0 Å². The molecule has 0 saturated heterocycles. The summed E-state index contributed by atoms with van der Waals surface area (Å²) in [5.41, 5.74) is 1.41. The van der Waals surface area contributed by atoms with E-state index in [1.54, 1.807) is 6.07 Å². The van der Waals surface area contributed by atoms with Crippen LogP contribution in [0, 0.1) is 12.7 Å². The van der Waals surface area contributed by atoms with Crippen molar-refractivity contribution in [2.75, 3.05) is 5.32 Å². The van der Waals surface area contributed by atoms with Gasteiger partial charge in [0.2, 0.25) is 0 Å². The first-order valence-electron chi connectivity index (χ1n) is 4.43. The van der Waals surface area contributed by atoms with Crippen molar-refractivity contribution in [3.05, 3.63) is 29.6 Å². The Hall–Kier alpha value is -1.05. The molecule has 0 amide bonds. The average molecular weight is 181 g/mol. The summed E-state index contributed by atoms with van der Waals surface area (Å²) >= 11 is 0. The fourth-order valence-electron chi connectivity index (χ4n) is 1.13. The van der Waals surface area contributed by atoms with E-state index in [2.05, 4.69) is 5.32 Å². The van der Waals surface area contributed by atoms with Crippen molar-refractivity contribution in [3.63, 3.8) is 0 Å². The molecule has 0 spiro atoms. The summed E-state index contributed by atoms with van der Waals surface area (Å²) in [5, 5.41) is 3.10. The number of nitrogens with one attached hydrogen (secondary N) is 1. The third-order valence-corrected chi connectivity index (χ3v) is 1.63. The normalized spacial score (nSPS) is 11.5. The van der Waals surface area contributed by atoms with Gasteiger partial charge in [0.05, 0.1) is 5.69 Å². The predicted molar refractivity (Wildman–Crippen MR) is 54.5 cm³/mol. The smallest absolute Gasteiger partial charge is 0.146 e. The van der Waals surface area contributed by atoms with Gasteiger partial charge in [0.25, 0.3) is 0 Å². The molecular formula is C11H16FN. The Balaban J connectivity index is 2.90. The van der Waals surface area contributed by atoms with Crippen molar-refractivity contribution in [3.8, 4) is 0 Å². The summed E-state index contributed by atoms with van der Waals surface area (Å²) in [4.78, 5) is 0. The summed E-state index contributed by atoms with van der Waals surface area (Å²) in [6.45, 7) is 7.90. The second-order valence-electron chi connectivity index (χ2n) is 4.36. The molecule has 72 valence electrons. The van der Waals surface area contributed by atoms with Gasteiger partial charge in [-0.05, 0) is 45.4 Å². The Labute approximate surface area is 79.0 Å². The van der Waals surface area contributed by atoms with Crippen molar-refractivity contribution >= 4 is 5.69 Å². The van der Waals surface area contributed by atoms with Crippen LogP contribution < -0.4 is 5.32 Å². The molecule has 0 atom stereocenters. The summed E-state index contributed by atoms with van der Waals surface area (Å²) in [7, 11) is 0. The summed E-state index contributed by atoms with van der Waals surface area (Å²) in [6, 6.07) is 5.21. The molecule has 1 N–H and O–H groups in total. The predicted octanol–water partition coefficient (Wildman–Crippen LogP) is 3.34. The first kappa shape index (κ1) is 10.0. The third kappa shape index (κ3) is 3.05. The molecule has 0 bridgehead atoms. The zero-order valence-electron chi connectivity index (χ0n) is 8.61. The SMILES string of the molecule is Cc1ccc(NC(C)(C)C)c(F)c1. The quantitative estimate of drug-likeness (QED) is 0.700. The van der Waals surface area contributed by atoms with Crippen LogP contribution in [0.15, 0.2) is 18.2 Å². The van der Waals surface area contributed by atoms with Gasteiger partial charge in [-0.15, -0.1) is 0 Å². The standard InChI is InChI=1S/C11H16FN/c1-8-5-6-10(9(12)7-8)13-11(2,3)4/h5-7,13H,1-4H3. The van der Waals surface area contributed by atoms with Crippen LogP contribution in [0.2, 0.25) is 0 Å². The molecule has 0 aromatic heterocycles. The molecule has 13 heavy (non-hydrogen) atoms. The first-order chi connectivity index (χ1) is 5.88. The molecule has 0 saturated carbocycles. The molecule has 0 fully saturated rings. The highest BCUT2D eigenvalue weighted by Crippen LogP contribution is 2.19. The topological polar surface area (TPSA) is 12.0 Å². The summed E-state index contributed by atoms with van der Waals surface area (Å²) in [6.07, 6.45) is 0. The van der Waals surface area contributed by atoms with Crippen LogP contribution in [-0.4, -0.2) is 5.54 Å². The van der Waals surface area contributed by atoms with E-state index in [4.69, 9.17) is 0 Å². The van der Waals surface area contributed by atoms with E-state index in [-0.39, 0.29) is 11.4 Å². The fraction of sp³-hybridized carbons (Fsp3) is 0.455. The number of hydrogen-bond acceptors (Lipinski definition) is 1. The molecule has 0 aliphatic rings. The second-order valence-corrected chi connectivity index (χ2v) is 4.36. The van der Waals surface area contributed by atoms with Gasteiger partial charge in [0, 0.05) is 5.54 Å². The van der Waals surface area contributed by atoms with Crippen LogP contribution in [0.5, 0.6) is 0 Å². The van der Waals surface area contributed by atoms with Crippen LogP contribution in [-0.2, 0) is 0 Å². The van der Waals surface area contributed by atoms with Crippen LogP contribution >= 0.6 is 0 Å². The highest BCUT2D eigenvalue weighted by molar-refractivity contribution is 5.47. The van der Waals surface area contributed by atoms with Gasteiger partial charge in [0.15, 0.2) is 0 Å². The zero-order chi connectivity index (χ0) is 10.1. The maximum absolute atomic E-state index is 13.3. The summed E-state index contributed by atoms with van der Waals surface area (Å²) in [5.74, 6) is -0.185. The van der Waals surface area contributed by atoms with E-state index in [1.807, 2.05) is 33.8 Å². The van der Waals surface area contributed by atoms with Gasteiger partial charge in [-0.3, -0.25) is 0 Å². The molecule has 1 aromatic rings. The van der Waals surface area contributed by atoms with Gasteiger partial charge in [-0.25, -0.2) is 4.39 Å². The minimum Gasteiger partial charge on any atom is -0.378 e. The molecule has 1 nitrogen and oxygen atoms in total. The molecule has 2 heteroatoms. The Morgan fingerprint density at radius 2 is 1.85 bits per heavy atom. The number of aryl methyl sites for hydroxylation is 1. The molecular weight excluding hydrogens is 165 g/mol. The van der Waals surface area contributed by atoms with Crippen molar-refractivity contribution < 1.29 is 4.39 Å². The zero-order valence-corrected chi connectivity index (χ0v) is 8.61. The lowest BCUT2D eigenvalue weighted by atomic mass is 10.1. The van der Waals surface area contributed by atoms with Crippen molar-refractivity contribution in [1.29, 1.82) is 0 Å². The second kappa shape index (κ2) is 3.36. The lowest BCUT2D eigenvalue weighted by molar-refractivity contribution is 0.597. The maximum atomic E-state index is 13.3. The van der Waals surface area contributed by atoms with E-state index in [9.17, 15) is 4.39 Å². The van der Waals surface area contributed by atoms with Gasteiger partial charge < -0.3 is 5.32 Å². The maximum Gasteiger partial charge on any atom is 0.146 e. The molecule has 0 radical (unpaired) electrons. The van der Waals surface area contributed by atoms with Crippen molar-refractivity contribution in [1.82, 2.24) is 0 Å². The average Bonchev–Trinajstić information content (AvgIpc) is 1.93. The van der Waals surface area contributed by atoms with E-state index in [0.717, 1.165) is 5.56 Å². The Morgan fingerprint density at radius 1 is 1.23 bits per heavy atom. The molecule has 0 aliphatic heterocycles. The Bertz CT molecular complexity index is 299. The van der Waals surface area contributed by atoms with Crippen LogP contribution in [0.4, 0.5) is 10.1 Å². The Kier molecular flexibility index (Phi) is 2.60. The number of halogens is 1. The molecule has 1 rings (SSSR count). The lowest BCUT2D eigenvalue weighted by Gasteiger charge is -2.22. The highest BCUT2D eigenvalue weighted by atomic mass is 19.1. The number of hydrogen-bond donors (Lipinski definition) is 1. The minimum atomic E-state index is -0.185. The van der Waals surface area contributed by atoms with Gasteiger partial charge in [0.1, 0.15) is 5.82 Å². The van der Waals surface area contributed by atoms with E-state index >= 15 is 0 Å². The number of benzene rings is 1. The highest BCUT2D eigenvalue weighted by Gasteiger charge is 2.11. The van der Waals surface area contributed by atoms with Gasteiger partial charge in [-0.2, -0.15) is 0 Å². The molecule has 1 aromatic carbocycles. The summed E-state index contributed by atoms with van der Waals surface area (Å²) < 4.78 is 13.3. The van der Waals surface area contributed by atoms with Crippen LogP contribution in [0.25, 0.3) is 0 Å². The lowest BCUT2D eigenvalue weighted by Crippen LogP contribution is -2.26. The van der Waals surface area contributed by atoms with Crippen molar-refractivity contribution in [2.24, 2.45) is 0 Å². The fourth-order valence-corrected chi connectivity index (χ4v) is 1.13. The van der Waals surface area contributed by atoms with Gasteiger partial charge in [-0.1, -0.05) is 6.07 Å². The molecule has 0 heterocycles. The number of anilines is 1. The van der Waals surface area contributed by atoms with Crippen LogP contribution in [0.3, 0.4) is 0 Å². The number of rotatable bonds is 1. The minimum absolute atomic E-state index is 0.101. The van der Waals surface area contributed by atoms with E-state index < -0.39 is 0 Å². The largest absolute Gasteiger partial charge is 0.378 e. The van der Waals surface area contributed by atoms with Crippen LogP contribution in [0.1, 0.15) is 26.3 Å². The van der Waals surface area contributed by atoms with E-state index in [0.29, 0.717) is 5.69 Å². The first-order valence-corrected chi connectivity index (χ1v) is 4.43. The monoisotopic (exact) mass is 181 g/mol. The molecule has 0 unspecified atom stereocenters. The van der Waals surface area contributed by atoms with Crippen molar-refractivity contribution in [2.45, 2.75) is 33.2 Å². The Morgan fingerprint density at radius 3 is 2.31 bits per heavy atom. The third-order valence-electron chi connectivity index (χ3n) is 1.63. The molecule has 0 aliphatic carbocycles. The van der Waals surface area contributed by atoms with E-state index in [1.165, 1.54) is 6.07 Å².